The molecule has 0 radical (unpaired) electrons. The summed E-state index contributed by atoms with van der Waals surface area (Å²) < 4.78 is 5.22. The Morgan fingerprint density at radius 3 is 2.94 bits per heavy atom. The number of thioether (sulfide) groups is 1. The third kappa shape index (κ3) is 4.22. The fourth-order valence-corrected chi connectivity index (χ4v) is 2.88. The van der Waals surface area contributed by atoms with Crippen molar-refractivity contribution >= 4 is 11.8 Å². The summed E-state index contributed by atoms with van der Waals surface area (Å²) in [6.07, 6.45) is 0. The highest BCUT2D eigenvalue weighted by Crippen LogP contribution is 2.22. The first-order valence-electron chi connectivity index (χ1n) is 6.08. The lowest BCUT2D eigenvalue weighted by Gasteiger charge is -2.26. The highest BCUT2D eigenvalue weighted by Gasteiger charge is 2.08. The molecule has 17 heavy (non-hydrogen) atoms. The van der Waals surface area contributed by atoms with Crippen LogP contribution >= 0.6 is 11.8 Å². The summed E-state index contributed by atoms with van der Waals surface area (Å²) in [7, 11) is 1.71. The van der Waals surface area contributed by atoms with Crippen LogP contribution in [-0.4, -0.2) is 50.5 Å². The van der Waals surface area contributed by atoms with Crippen molar-refractivity contribution in [1.82, 2.24) is 10.2 Å². The van der Waals surface area contributed by atoms with Crippen LogP contribution in [0.25, 0.3) is 0 Å². The second-order valence-electron chi connectivity index (χ2n) is 4.12. The number of rotatable bonds is 5. The van der Waals surface area contributed by atoms with Gasteiger partial charge in [0.15, 0.2) is 0 Å². The average Bonchev–Trinajstić information content (AvgIpc) is 2.40. The molecule has 0 spiro atoms. The maximum atomic E-state index is 5.22. The van der Waals surface area contributed by atoms with Crippen molar-refractivity contribution in [2.45, 2.75) is 4.90 Å². The lowest BCUT2D eigenvalue weighted by Crippen LogP contribution is -2.44. The first-order chi connectivity index (χ1) is 8.38. The van der Waals surface area contributed by atoms with E-state index in [9.17, 15) is 0 Å². The molecule has 1 aromatic rings. The number of methoxy groups -OCH3 is 1. The lowest BCUT2D eigenvalue weighted by molar-refractivity contribution is 0.255. The van der Waals surface area contributed by atoms with Crippen LogP contribution in [0.3, 0.4) is 0 Å². The number of nitrogens with one attached hydrogen (secondary N) is 1. The summed E-state index contributed by atoms with van der Waals surface area (Å²) in [5.74, 6) is 2.09. The van der Waals surface area contributed by atoms with Crippen LogP contribution < -0.4 is 10.1 Å². The van der Waals surface area contributed by atoms with Crippen molar-refractivity contribution in [3.8, 4) is 5.75 Å². The van der Waals surface area contributed by atoms with E-state index in [0.29, 0.717) is 0 Å². The van der Waals surface area contributed by atoms with Gasteiger partial charge in [-0.2, -0.15) is 0 Å². The van der Waals surface area contributed by atoms with Gasteiger partial charge in [0, 0.05) is 43.4 Å². The molecule has 0 aromatic heterocycles. The minimum atomic E-state index is 0.942. The molecule has 1 aliphatic rings. The molecule has 0 amide bonds. The van der Waals surface area contributed by atoms with E-state index in [1.54, 1.807) is 7.11 Å². The zero-order valence-electron chi connectivity index (χ0n) is 10.3. The van der Waals surface area contributed by atoms with E-state index in [1.165, 1.54) is 24.5 Å². The van der Waals surface area contributed by atoms with E-state index in [0.717, 1.165) is 24.6 Å². The normalized spacial score (nSPS) is 17.0. The largest absolute Gasteiger partial charge is 0.497 e. The highest BCUT2D eigenvalue weighted by molar-refractivity contribution is 7.99. The Morgan fingerprint density at radius 1 is 1.35 bits per heavy atom. The van der Waals surface area contributed by atoms with Crippen LogP contribution in [0.1, 0.15) is 0 Å². The van der Waals surface area contributed by atoms with Gasteiger partial charge in [-0.3, -0.25) is 4.90 Å². The minimum absolute atomic E-state index is 0.942. The van der Waals surface area contributed by atoms with Crippen LogP contribution in [-0.2, 0) is 0 Å². The number of piperazine rings is 1. The molecule has 1 saturated heterocycles. The van der Waals surface area contributed by atoms with Gasteiger partial charge in [0.1, 0.15) is 5.75 Å². The second kappa shape index (κ2) is 6.89. The smallest absolute Gasteiger partial charge is 0.119 e. The maximum Gasteiger partial charge on any atom is 0.119 e. The maximum absolute atomic E-state index is 5.22. The Balaban J connectivity index is 1.73. The Kier molecular flexibility index (Phi) is 5.16. The first-order valence-corrected chi connectivity index (χ1v) is 7.07. The molecule has 4 heteroatoms. The van der Waals surface area contributed by atoms with Crippen molar-refractivity contribution in [2.24, 2.45) is 0 Å². The topological polar surface area (TPSA) is 24.5 Å². The van der Waals surface area contributed by atoms with Crippen LogP contribution in [0.4, 0.5) is 0 Å². The molecule has 1 N–H and O–H groups in total. The van der Waals surface area contributed by atoms with E-state index < -0.39 is 0 Å². The molecule has 0 aliphatic carbocycles. The zero-order chi connectivity index (χ0) is 11.9. The Hall–Kier alpha value is -0.710. The fourth-order valence-electron chi connectivity index (χ4n) is 1.92. The highest BCUT2D eigenvalue weighted by atomic mass is 32.2. The molecule has 2 rings (SSSR count). The molecule has 0 unspecified atom stereocenters. The number of nitrogens with zero attached hydrogens (tertiary/aromatic N) is 1. The van der Waals surface area contributed by atoms with Crippen LogP contribution in [0.15, 0.2) is 29.2 Å². The first kappa shape index (κ1) is 12.7. The molecular weight excluding hydrogens is 232 g/mol. The third-order valence-electron chi connectivity index (χ3n) is 2.93. The van der Waals surface area contributed by atoms with Gasteiger partial charge in [0.05, 0.1) is 7.11 Å². The van der Waals surface area contributed by atoms with Crippen molar-refractivity contribution in [1.29, 1.82) is 0 Å². The summed E-state index contributed by atoms with van der Waals surface area (Å²) in [6.45, 7) is 5.79. The van der Waals surface area contributed by atoms with Gasteiger partial charge in [-0.15, -0.1) is 11.8 Å². The lowest BCUT2D eigenvalue weighted by atomic mass is 10.3. The van der Waals surface area contributed by atoms with Crippen molar-refractivity contribution < 1.29 is 4.74 Å². The summed E-state index contributed by atoms with van der Waals surface area (Å²) in [4.78, 5) is 3.81. The molecule has 1 heterocycles. The predicted molar refractivity (Wildman–Crippen MR) is 73.0 cm³/mol. The molecule has 1 fully saturated rings. The van der Waals surface area contributed by atoms with Gasteiger partial charge in [-0.1, -0.05) is 6.07 Å². The van der Waals surface area contributed by atoms with Crippen LogP contribution in [0.2, 0.25) is 0 Å². The monoisotopic (exact) mass is 252 g/mol. The molecule has 1 aliphatic heterocycles. The van der Waals surface area contributed by atoms with Gasteiger partial charge in [0.2, 0.25) is 0 Å². The number of hydrogen-bond donors (Lipinski definition) is 1. The van der Waals surface area contributed by atoms with Gasteiger partial charge >= 0.3 is 0 Å². The SMILES string of the molecule is COc1cccc(SCCN2CCNCC2)c1. The third-order valence-corrected chi connectivity index (χ3v) is 3.90. The zero-order valence-corrected chi connectivity index (χ0v) is 11.1. The van der Waals surface area contributed by atoms with E-state index in [-0.39, 0.29) is 0 Å². The minimum Gasteiger partial charge on any atom is -0.497 e. The molecule has 3 nitrogen and oxygen atoms in total. The van der Waals surface area contributed by atoms with Crippen molar-refractivity contribution in [3.63, 3.8) is 0 Å². The van der Waals surface area contributed by atoms with Crippen LogP contribution in [0.5, 0.6) is 5.75 Å². The van der Waals surface area contributed by atoms with Gasteiger partial charge in [-0.25, -0.2) is 0 Å². The number of hydrogen-bond acceptors (Lipinski definition) is 4. The molecule has 0 bridgehead atoms. The van der Waals surface area contributed by atoms with Gasteiger partial charge in [-0.05, 0) is 18.2 Å². The quantitative estimate of drug-likeness (QED) is 0.806. The molecular formula is C13H20N2OS. The molecule has 0 atom stereocenters. The number of benzene rings is 1. The summed E-state index contributed by atoms with van der Waals surface area (Å²) in [6, 6.07) is 8.28. The molecule has 0 saturated carbocycles. The average molecular weight is 252 g/mol. The van der Waals surface area contributed by atoms with Gasteiger partial charge < -0.3 is 10.1 Å². The summed E-state index contributed by atoms with van der Waals surface area (Å²) >= 11 is 1.90. The summed E-state index contributed by atoms with van der Waals surface area (Å²) in [5, 5.41) is 3.37. The predicted octanol–water partition coefficient (Wildman–Crippen LogP) is 1.69. The second-order valence-corrected chi connectivity index (χ2v) is 5.29. The summed E-state index contributed by atoms with van der Waals surface area (Å²) in [5.41, 5.74) is 0. The van der Waals surface area contributed by atoms with E-state index in [1.807, 2.05) is 23.9 Å². The van der Waals surface area contributed by atoms with E-state index in [2.05, 4.69) is 22.3 Å². The Bertz CT molecular complexity index is 340. The molecule has 94 valence electrons. The Morgan fingerprint density at radius 2 is 2.18 bits per heavy atom. The molecule has 1 aromatic carbocycles. The van der Waals surface area contributed by atoms with Crippen molar-refractivity contribution in [3.05, 3.63) is 24.3 Å². The van der Waals surface area contributed by atoms with Crippen LogP contribution in [0, 0.1) is 0 Å². The number of ether oxygens (including phenoxy) is 1. The Labute approximate surface area is 108 Å². The standard InChI is InChI=1S/C13H20N2OS/c1-16-12-3-2-4-13(11-12)17-10-9-15-7-5-14-6-8-15/h2-4,11,14H,5-10H2,1H3. The van der Waals surface area contributed by atoms with E-state index >= 15 is 0 Å². The van der Waals surface area contributed by atoms with E-state index in [4.69, 9.17) is 4.74 Å². The fraction of sp³-hybridized carbons (Fsp3) is 0.538. The van der Waals surface area contributed by atoms with Crippen molar-refractivity contribution in [2.75, 3.05) is 45.6 Å². The van der Waals surface area contributed by atoms with Gasteiger partial charge in [0.25, 0.3) is 0 Å².